The maximum Gasteiger partial charge on any atom is 0.309 e. The van der Waals surface area contributed by atoms with Crippen LogP contribution in [0.4, 0.5) is 0 Å². The lowest BCUT2D eigenvalue weighted by molar-refractivity contribution is -0.149. The van der Waals surface area contributed by atoms with Crippen LogP contribution in [0.1, 0.15) is 30.9 Å². The monoisotopic (exact) mass is 264 g/mol. The number of hydrogen-bond acceptors (Lipinski definition) is 3. The number of carboxylic acids is 1. The van der Waals surface area contributed by atoms with Gasteiger partial charge in [-0.3, -0.25) is 9.59 Å². The number of ether oxygens (including phenoxy) is 1. The molecule has 0 aromatic heterocycles. The number of benzene rings is 1. The van der Waals surface area contributed by atoms with Crippen molar-refractivity contribution in [2.75, 3.05) is 7.11 Å². The van der Waals surface area contributed by atoms with Crippen molar-refractivity contribution < 1.29 is 19.4 Å². The Hall–Kier alpha value is -1.84. The fourth-order valence-electron chi connectivity index (χ4n) is 1.91. The molecule has 1 N–H and O–H groups in total. The normalized spacial score (nSPS) is 13.6. The maximum atomic E-state index is 11.4. The first-order chi connectivity index (χ1) is 8.87. The minimum Gasteiger partial charge on any atom is -0.481 e. The molecule has 19 heavy (non-hydrogen) atoms. The quantitative estimate of drug-likeness (QED) is 0.802. The number of aryl methyl sites for hydroxylation is 1. The largest absolute Gasteiger partial charge is 0.481 e. The van der Waals surface area contributed by atoms with E-state index in [2.05, 4.69) is 4.74 Å². The van der Waals surface area contributed by atoms with Crippen molar-refractivity contribution in [1.29, 1.82) is 0 Å². The second kappa shape index (κ2) is 6.36. The molecule has 0 aliphatic rings. The van der Waals surface area contributed by atoms with Crippen LogP contribution < -0.4 is 0 Å². The molecule has 4 heteroatoms. The number of carboxylic acid groups (broad SMARTS) is 1. The zero-order chi connectivity index (χ0) is 14.5. The molecule has 1 unspecified atom stereocenters. The Morgan fingerprint density at radius 1 is 1.26 bits per heavy atom. The molecule has 0 saturated heterocycles. The zero-order valence-corrected chi connectivity index (χ0v) is 11.6. The average molecular weight is 264 g/mol. The van der Waals surface area contributed by atoms with Gasteiger partial charge in [0.25, 0.3) is 0 Å². The van der Waals surface area contributed by atoms with Crippen LogP contribution >= 0.6 is 0 Å². The third kappa shape index (κ3) is 4.39. The molecule has 0 aliphatic carbocycles. The lowest BCUT2D eigenvalue weighted by Gasteiger charge is -2.24. The molecule has 0 aliphatic heterocycles. The molecule has 1 aromatic rings. The summed E-state index contributed by atoms with van der Waals surface area (Å²) in [5.74, 6) is -1.27. The van der Waals surface area contributed by atoms with Crippen LogP contribution in [-0.4, -0.2) is 24.2 Å². The second-order valence-electron chi connectivity index (χ2n) is 5.10. The number of carbonyl (C=O) groups excluding carboxylic acids is 1. The van der Waals surface area contributed by atoms with Crippen molar-refractivity contribution in [3.63, 3.8) is 0 Å². The van der Waals surface area contributed by atoms with Gasteiger partial charge in [0, 0.05) is 6.42 Å². The van der Waals surface area contributed by atoms with Gasteiger partial charge in [0.15, 0.2) is 0 Å². The lowest BCUT2D eigenvalue weighted by atomic mass is 9.79. The molecule has 1 rings (SSSR count). The Balaban J connectivity index is 2.78. The highest BCUT2D eigenvalue weighted by Gasteiger charge is 2.33. The number of rotatable bonds is 6. The highest BCUT2D eigenvalue weighted by Crippen LogP contribution is 2.29. The van der Waals surface area contributed by atoms with Gasteiger partial charge in [-0.1, -0.05) is 29.8 Å². The fraction of sp³-hybridized carbons (Fsp3) is 0.467. The summed E-state index contributed by atoms with van der Waals surface area (Å²) in [4.78, 5) is 22.6. The molecule has 0 spiro atoms. The maximum absolute atomic E-state index is 11.4. The van der Waals surface area contributed by atoms with E-state index in [1.807, 2.05) is 31.2 Å². The highest BCUT2D eigenvalue weighted by atomic mass is 16.5. The van der Waals surface area contributed by atoms with Crippen LogP contribution in [0.5, 0.6) is 0 Å². The minimum absolute atomic E-state index is 0.116. The topological polar surface area (TPSA) is 63.6 Å². The summed E-state index contributed by atoms with van der Waals surface area (Å²) in [6.07, 6.45) is 0.785. The van der Waals surface area contributed by atoms with Crippen molar-refractivity contribution in [2.45, 2.75) is 33.1 Å². The van der Waals surface area contributed by atoms with E-state index in [0.29, 0.717) is 6.42 Å². The second-order valence-corrected chi connectivity index (χ2v) is 5.10. The van der Waals surface area contributed by atoms with Crippen LogP contribution in [0.25, 0.3) is 0 Å². The van der Waals surface area contributed by atoms with Crippen LogP contribution in [0.2, 0.25) is 0 Å². The standard InChI is InChI=1S/C15H20O4/c1-11-4-6-12(7-5-11)10-15(2,14(17)18)9-8-13(16)19-3/h4-7H,8-10H2,1-3H3,(H,17,18). The summed E-state index contributed by atoms with van der Waals surface area (Å²) in [5, 5.41) is 9.38. The molecular weight excluding hydrogens is 244 g/mol. The van der Waals surface area contributed by atoms with E-state index in [4.69, 9.17) is 0 Å². The summed E-state index contributed by atoms with van der Waals surface area (Å²) < 4.78 is 4.56. The van der Waals surface area contributed by atoms with E-state index in [-0.39, 0.29) is 18.8 Å². The van der Waals surface area contributed by atoms with Crippen molar-refractivity contribution in [3.05, 3.63) is 35.4 Å². The first-order valence-electron chi connectivity index (χ1n) is 6.23. The smallest absolute Gasteiger partial charge is 0.309 e. The van der Waals surface area contributed by atoms with Gasteiger partial charge in [0.1, 0.15) is 0 Å². The summed E-state index contributed by atoms with van der Waals surface area (Å²) >= 11 is 0. The van der Waals surface area contributed by atoms with Crippen LogP contribution in [0, 0.1) is 12.3 Å². The number of esters is 1. The minimum atomic E-state index is -0.955. The zero-order valence-electron chi connectivity index (χ0n) is 11.6. The van der Waals surface area contributed by atoms with Gasteiger partial charge in [-0.05, 0) is 32.3 Å². The van der Waals surface area contributed by atoms with Gasteiger partial charge in [0.05, 0.1) is 12.5 Å². The van der Waals surface area contributed by atoms with Crippen molar-refractivity contribution in [2.24, 2.45) is 5.41 Å². The molecule has 0 amide bonds. The first-order valence-corrected chi connectivity index (χ1v) is 6.23. The summed E-state index contributed by atoms with van der Waals surface area (Å²) in [6, 6.07) is 7.76. The number of carbonyl (C=O) groups is 2. The summed E-state index contributed by atoms with van der Waals surface area (Å²) in [6.45, 7) is 3.65. The molecule has 1 aromatic carbocycles. The number of aliphatic carboxylic acids is 1. The molecule has 0 heterocycles. The molecule has 0 radical (unpaired) electrons. The van der Waals surface area contributed by atoms with Crippen molar-refractivity contribution in [1.82, 2.24) is 0 Å². The average Bonchev–Trinajstić information content (AvgIpc) is 2.38. The van der Waals surface area contributed by atoms with Gasteiger partial charge in [0.2, 0.25) is 0 Å². The molecule has 104 valence electrons. The van der Waals surface area contributed by atoms with Gasteiger partial charge < -0.3 is 9.84 Å². The van der Waals surface area contributed by atoms with E-state index >= 15 is 0 Å². The Kier molecular flexibility index (Phi) is 5.10. The summed E-state index contributed by atoms with van der Waals surface area (Å²) in [7, 11) is 1.31. The van der Waals surface area contributed by atoms with Crippen molar-refractivity contribution in [3.8, 4) is 0 Å². The highest BCUT2D eigenvalue weighted by molar-refractivity contribution is 5.76. The van der Waals surface area contributed by atoms with Crippen LogP contribution in [0.3, 0.4) is 0 Å². The fourth-order valence-corrected chi connectivity index (χ4v) is 1.91. The van der Waals surface area contributed by atoms with Crippen LogP contribution in [-0.2, 0) is 20.7 Å². The van der Waals surface area contributed by atoms with Gasteiger partial charge >= 0.3 is 11.9 Å². The van der Waals surface area contributed by atoms with Crippen molar-refractivity contribution >= 4 is 11.9 Å². The molecule has 0 fully saturated rings. The molecule has 0 bridgehead atoms. The van der Waals surface area contributed by atoms with E-state index in [1.165, 1.54) is 7.11 Å². The number of methoxy groups -OCH3 is 1. The Labute approximate surface area is 113 Å². The van der Waals surface area contributed by atoms with E-state index in [0.717, 1.165) is 11.1 Å². The molecule has 4 nitrogen and oxygen atoms in total. The predicted octanol–water partition coefficient (Wildman–Crippen LogP) is 2.58. The van der Waals surface area contributed by atoms with E-state index < -0.39 is 11.4 Å². The molecular formula is C15H20O4. The Morgan fingerprint density at radius 2 is 1.84 bits per heavy atom. The Bertz CT molecular complexity index is 450. The summed E-state index contributed by atoms with van der Waals surface area (Å²) in [5.41, 5.74) is 1.14. The molecule has 1 atom stereocenters. The van der Waals surface area contributed by atoms with Gasteiger partial charge in [-0.25, -0.2) is 0 Å². The lowest BCUT2D eigenvalue weighted by Crippen LogP contribution is -2.31. The first kappa shape index (κ1) is 15.2. The third-order valence-corrected chi connectivity index (χ3v) is 3.34. The Morgan fingerprint density at radius 3 is 2.32 bits per heavy atom. The van der Waals surface area contributed by atoms with E-state index in [1.54, 1.807) is 6.92 Å². The third-order valence-electron chi connectivity index (χ3n) is 3.34. The van der Waals surface area contributed by atoms with E-state index in [9.17, 15) is 14.7 Å². The van der Waals surface area contributed by atoms with Crippen LogP contribution in [0.15, 0.2) is 24.3 Å². The number of hydrogen-bond donors (Lipinski definition) is 1. The van der Waals surface area contributed by atoms with Gasteiger partial charge in [-0.2, -0.15) is 0 Å². The van der Waals surface area contributed by atoms with Gasteiger partial charge in [-0.15, -0.1) is 0 Å². The predicted molar refractivity (Wildman–Crippen MR) is 71.9 cm³/mol. The molecule has 0 saturated carbocycles. The SMILES string of the molecule is COC(=O)CCC(C)(Cc1ccc(C)cc1)C(=O)O.